The molecule has 13 heavy (non-hydrogen) atoms. The zero-order valence-electron chi connectivity index (χ0n) is 7.28. The Balaban J connectivity index is 2.61. The van der Waals surface area contributed by atoms with Crippen molar-refractivity contribution in [3.63, 3.8) is 0 Å². The molecule has 0 bridgehead atoms. The average Bonchev–Trinajstić information content (AvgIpc) is 2.15. The van der Waals surface area contributed by atoms with E-state index in [1.165, 1.54) is 7.11 Å². The molecule has 1 heterocycles. The van der Waals surface area contributed by atoms with Crippen LogP contribution in [0.15, 0.2) is 18.3 Å². The molecule has 0 atom stereocenters. The van der Waals surface area contributed by atoms with E-state index in [0.29, 0.717) is 12.4 Å². The molecule has 0 saturated heterocycles. The molecule has 0 radical (unpaired) electrons. The summed E-state index contributed by atoms with van der Waals surface area (Å²) in [5.41, 5.74) is 5.81. The van der Waals surface area contributed by atoms with Crippen LogP contribution in [0.2, 0.25) is 0 Å². The minimum absolute atomic E-state index is 0.383. The van der Waals surface area contributed by atoms with E-state index in [2.05, 4.69) is 10.3 Å². The molecule has 0 aliphatic carbocycles. The van der Waals surface area contributed by atoms with E-state index < -0.39 is 6.03 Å². The van der Waals surface area contributed by atoms with Gasteiger partial charge in [0, 0.05) is 18.8 Å². The lowest BCUT2D eigenvalue weighted by Gasteiger charge is -2.03. The van der Waals surface area contributed by atoms with Crippen molar-refractivity contribution in [2.24, 2.45) is 5.73 Å². The third-order valence-corrected chi connectivity index (χ3v) is 1.48. The number of amides is 2. The molecular weight excluding hydrogens is 170 g/mol. The number of pyridine rings is 1. The van der Waals surface area contributed by atoms with E-state index in [1.54, 1.807) is 18.3 Å². The van der Waals surface area contributed by atoms with Crippen LogP contribution in [0.5, 0.6) is 5.88 Å². The SMILES string of the molecule is COc1cc(CNC(N)=O)ccn1. The molecule has 2 amide bonds. The molecule has 1 aromatic rings. The molecule has 0 saturated carbocycles. The molecule has 5 nitrogen and oxygen atoms in total. The minimum atomic E-state index is -0.546. The normalized spacial score (nSPS) is 9.31. The maximum Gasteiger partial charge on any atom is 0.312 e. The number of nitrogens with two attached hydrogens (primary N) is 1. The van der Waals surface area contributed by atoms with Crippen molar-refractivity contribution in [2.45, 2.75) is 6.54 Å². The van der Waals surface area contributed by atoms with Crippen molar-refractivity contribution >= 4 is 6.03 Å². The molecule has 70 valence electrons. The average molecular weight is 181 g/mol. The molecule has 1 rings (SSSR count). The summed E-state index contributed by atoms with van der Waals surface area (Å²) in [5, 5.41) is 2.47. The Kier molecular flexibility index (Phi) is 3.08. The van der Waals surface area contributed by atoms with Gasteiger partial charge < -0.3 is 15.8 Å². The highest BCUT2D eigenvalue weighted by molar-refractivity contribution is 5.71. The Bertz CT molecular complexity index is 301. The Morgan fingerprint density at radius 1 is 1.77 bits per heavy atom. The van der Waals surface area contributed by atoms with Crippen LogP contribution < -0.4 is 15.8 Å². The first kappa shape index (κ1) is 9.31. The number of rotatable bonds is 3. The Hall–Kier alpha value is -1.78. The van der Waals surface area contributed by atoms with Gasteiger partial charge >= 0.3 is 6.03 Å². The Morgan fingerprint density at radius 2 is 2.54 bits per heavy atom. The highest BCUT2D eigenvalue weighted by atomic mass is 16.5. The first-order chi connectivity index (χ1) is 6.22. The molecule has 3 N–H and O–H groups in total. The standard InChI is InChI=1S/C8H11N3O2/c1-13-7-4-6(2-3-10-7)5-11-8(9)12/h2-4H,5H2,1H3,(H3,9,11,12). The maximum atomic E-state index is 10.4. The number of ether oxygens (including phenoxy) is 1. The van der Waals surface area contributed by atoms with Crippen molar-refractivity contribution in [3.05, 3.63) is 23.9 Å². The van der Waals surface area contributed by atoms with Gasteiger partial charge in [-0.2, -0.15) is 0 Å². The summed E-state index contributed by atoms with van der Waals surface area (Å²) in [6, 6.07) is 2.96. The lowest BCUT2D eigenvalue weighted by Crippen LogP contribution is -2.28. The van der Waals surface area contributed by atoms with Crippen molar-refractivity contribution in [1.29, 1.82) is 0 Å². The third-order valence-electron chi connectivity index (χ3n) is 1.48. The summed E-state index contributed by atoms with van der Waals surface area (Å²) in [7, 11) is 1.54. The summed E-state index contributed by atoms with van der Waals surface area (Å²) in [5.74, 6) is 0.517. The second kappa shape index (κ2) is 4.30. The first-order valence-electron chi connectivity index (χ1n) is 3.74. The number of primary amides is 1. The topological polar surface area (TPSA) is 77.2 Å². The number of nitrogens with zero attached hydrogens (tertiary/aromatic N) is 1. The van der Waals surface area contributed by atoms with Crippen molar-refractivity contribution in [2.75, 3.05) is 7.11 Å². The van der Waals surface area contributed by atoms with Crippen molar-refractivity contribution in [1.82, 2.24) is 10.3 Å². The number of carbonyl (C=O) groups is 1. The van der Waals surface area contributed by atoms with Crippen LogP contribution in [0.25, 0.3) is 0 Å². The molecular formula is C8H11N3O2. The van der Waals surface area contributed by atoms with Crippen LogP contribution in [-0.2, 0) is 6.54 Å². The van der Waals surface area contributed by atoms with E-state index in [-0.39, 0.29) is 0 Å². The lowest BCUT2D eigenvalue weighted by atomic mass is 10.2. The van der Waals surface area contributed by atoms with E-state index in [1.807, 2.05) is 0 Å². The van der Waals surface area contributed by atoms with Crippen LogP contribution in [0, 0.1) is 0 Å². The number of carbonyl (C=O) groups excluding carboxylic acids is 1. The van der Waals surface area contributed by atoms with Crippen LogP contribution in [-0.4, -0.2) is 18.1 Å². The monoisotopic (exact) mass is 181 g/mol. The van der Waals surface area contributed by atoms with Gasteiger partial charge in [-0.15, -0.1) is 0 Å². The lowest BCUT2D eigenvalue weighted by molar-refractivity contribution is 0.248. The van der Waals surface area contributed by atoms with Gasteiger partial charge in [-0.3, -0.25) is 0 Å². The first-order valence-corrected chi connectivity index (χ1v) is 3.74. The quantitative estimate of drug-likeness (QED) is 0.702. The summed E-state index contributed by atoms with van der Waals surface area (Å²) in [6.45, 7) is 0.383. The highest BCUT2D eigenvalue weighted by Gasteiger charge is 1.97. The Labute approximate surface area is 75.9 Å². The maximum absolute atomic E-state index is 10.4. The van der Waals surface area contributed by atoms with Crippen LogP contribution in [0.4, 0.5) is 4.79 Å². The van der Waals surface area contributed by atoms with Crippen LogP contribution in [0.1, 0.15) is 5.56 Å². The van der Waals surface area contributed by atoms with E-state index in [0.717, 1.165) is 5.56 Å². The van der Waals surface area contributed by atoms with Crippen molar-refractivity contribution in [3.8, 4) is 5.88 Å². The molecule has 0 unspecified atom stereocenters. The van der Waals surface area contributed by atoms with Gasteiger partial charge in [-0.1, -0.05) is 0 Å². The number of nitrogens with one attached hydrogen (secondary N) is 1. The summed E-state index contributed by atoms with van der Waals surface area (Å²) in [6.07, 6.45) is 1.61. The summed E-state index contributed by atoms with van der Waals surface area (Å²) < 4.78 is 4.91. The van der Waals surface area contributed by atoms with Gasteiger partial charge in [0.05, 0.1) is 7.11 Å². The van der Waals surface area contributed by atoms with E-state index in [4.69, 9.17) is 10.5 Å². The Morgan fingerprint density at radius 3 is 3.15 bits per heavy atom. The predicted molar refractivity (Wildman–Crippen MR) is 47.2 cm³/mol. The highest BCUT2D eigenvalue weighted by Crippen LogP contribution is 2.07. The summed E-state index contributed by atoms with van der Waals surface area (Å²) >= 11 is 0. The fourth-order valence-corrected chi connectivity index (χ4v) is 0.861. The van der Waals surface area contributed by atoms with Gasteiger partial charge in [-0.05, 0) is 11.6 Å². The zero-order valence-corrected chi connectivity index (χ0v) is 7.28. The molecule has 0 spiro atoms. The predicted octanol–water partition coefficient (Wildman–Crippen LogP) is 0.258. The number of hydrogen-bond donors (Lipinski definition) is 2. The molecule has 0 fully saturated rings. The van der Waals surface area contributed by atoms with Gasteiger partial charge in [0.25, 0.3) is 0 Å². The van der Waals surface area contributed by atoms with E-state index in [9.17, 15) is 4.79 Å². The fourth-order valence-electron chi connectivity index (χ4n) is 0.861. The molecule has 1 aromatic heterocycles. The van der Waals surface area contributed by atoms with Crippen LogP contribution in [0.3, 0.4) is 0 Å². The second-order valence-electron chi connectivity index (χ2n) is 2.42. The van der Waals surface area contributed by atoms with Gasteiger partial charge in [-0.25, -0.2) is 9.78 Å². The number of urea groups is 1. The number of methoxy groups -OCH3 is 1. The minimum Gasteiger partial charge on any atom is -0.481 e. The number of hydrogen-bond acceptors (Lipinski definition) is 3. The van der Waals surface area contributed by atoms with Gasteiger partial charge in [0.1, 0.15) is 0 Å². The third kappa shape index (κ3) is 2.98. The fraction of sp³-hybridized carbons (Fsp3) is 0.250. The summed E-state index contributed by atoms with van der Waals surface area (Å²) in [4.78, 5) is 14.3. The van der Waals surface area contributed by atoms with Gasteiger partial charge in [0.15, 0.2) is 0 Å². The van der Waals surface area contributed by atoms with Crippen LogP contribution >= 0.6 is 0 Å². The second-order valence-corrected chi connectivity index (χ2v) is 2.42. The molecule has 0 aliphatic rings. The zero-order chi connectivity index (χ0) is 9.68. The largest absolute Gasteiger partial charge is 0.481 e. The molecule has 0 aromatic carbocycles. The molecule has 0 aliphatic heterocycles. The smallest absolute Gasteiger partial charge is 0.312 e. The number of aromatic nitrogens is 1. The van der Waals surface area contributed by atoms with E-state index >= 15 is 0 Å². The molecule has 5 heteroatoms. The van der Waals surface area contributed by atoms with Crippen molar-refractivity contribution < 1.29 is 9.53 Å². The van der Waals surface area contributed by atoms with Gasteiger partial charge in [0.2, 0.25) is 5.88 Å².